The molecule has 0 unspecified atom stereocenters. The zero-order valence-corrected chi connectivity index (χ0v) is 10.3. The maximum atomic E-state index is 11.8. The van der Waals surface area contributed by atoms with E-state index < -0.39 is 0 Å². The van der Waals surface area contributed by atoms with Crippen LogP contribution in [-0.2, 0) is 13.6 Å². The summed E-state index contributed by atoms with van der Waals surface area (Å²) in [5.74, 6) is 0.239. The fraction of sp³-hybridized carbons (Fsp3) is 0.286. The lowest BCUT2D eigenvalue weighted by molar-refractivity contribution is 0.0979. The lowest BCUT2D eigenvalue weighted by Crippen LogP contribution is -2.31. The van der Waals surface area contributed by atoms with Crippen LogP contribution in [0.5, 0.6) is 0 Å². The van der Waals surface area contributed by atoms with E-state index in [0.29, 0.717) is 6.42 Å². The third kappa shape index (κ3) is 1.90. The van der Waals surface area contributed by atoms with E-state index in [-0.39, 0.29) is 5.78 Å². The molecule has 2 heterocycles. The van der Waals surface area contributed by atoms with E-state index in [1.807, 2.05) is 43.6 Å². The molecule has 4 nitrogen and oxygen atoms in total. The molecular formula is C14H15N3O. The molecule has 0 saturated heterocycles. The number of hydrogen-bond donors (Lipinski definition) is 0. The Morgan fingerprint density at radius 1 is 1.28 bits per heavy atom. The third-order valence-corrected chi connectivity index (χ3v) is 3.28. The average molecular weight is 241 g/mol. The second-order valence-corrected chi connectivity index (χ2v) is 4.59. The maximum Gasteiger partial charge on any atom is 0.166 e. The lowest BCUT2D eigenvalue weighted by Gasteiger charge is -2.29. The second kappa shape index (κ2) is 4.29. The van der Waals surface area contributed by atoms with Crippen LogP contribution in [0.2, 0.25) is 0 Å². The number of nitrogens with zero attached hydrogens (tertiary/aromatic N) is 3. The Bertz CT molecular complexity index is 588. The number of carbonyl (C=O) groups excluding carboxylic acids is 1. The third-order valence-electron chi connectivity index (χ3n) is 3.28. The molecule has 1 aliphatic heterocycles. The average Bonchev–Trinajstić information content (AvgIpc) is 2.79. The van der Waals surface area contributed by atoms with E-state index in [0.717, 1.165) is 30.0 Å². The normalized spacial score (nSPS) is 14.7. The maximum absolute atomic E-state index is 11.8. The highest BCUT2D eigenvalue weighted by Gasteiger charge is 2.22. The van der Waals surface area contributed by atoms with Crippen molar-refractivity contribution in [3.63, 3.8) is 0 Å². The standard InChI is InChI=1S/C14H15N3O/c1-16-8-6-11(15-16)10-17-9-7-14(18)12-4-2-3-5-13(12)17/h2-6,8H,7,9-10H2,1H3. The van der Waals surface area contributed by atoms with Gasteiger partial charge in [0.25, 0.3) is 0 Å². The van der Waals surface area contributed by atoms with Gasteiger partial charge in [0.05, 0.1) is 12.2 Å². The Balaban J connectivity index is 1.90. The Morgan fingerprint density at radius 3 is 2.89 bits per heavy atom. The van der Waals surface area contributed by atoms with Crippen molar-refractivity contribution >= 4 is 11.5 Å². The summed E-state index contributed by atoms with van der Waals surface area (Å²) in [7, 11) is 1.91. The van der Waals surface area contributed by atoms with Gasteiger partial charge in [-0.15, -0.1) is 0 Å². The number of Topliss-reactive ketones (excluding diaryl/α,β-unsaturated/α-hetero) is 1. The van der Waals surface area contributed by atoms with Crippen LogP contribution in [0.4, 0.5) is 5.69 Å². The van der Waals surface area contributed by atoms with Gasteiger partial charge in [0.15, 0.2) is 5.78 Å². The minimum atomic E-state index is 0.239. The first kappa shape index (κ1) is 11.0. The van der Waals surface area contributed by atoms with Crippen LogP contribution < -0.4 is 4.90 Å². The van der Waals surface area contributed by atoms with Crippen molar-refractivity contribution in [1.29, 1.82) is 0 Å². The van der Waals surface area contributed by atoms with E-state index in [1.54, 1.807) is 4.68 Å². The second-order valence-electron chi connectivity index (χ2n) is 4.59. The van der Waals surface area contributed by atoms with Gasteiger partial charge in [-0.1, -0.05) is 12.1 Å². The zero-order valence-electron chi connectivity index (χ0n) is 10.3. The molecule has 3 rings (SSSR count). The van der Waals surface area contributed by atoms with Gasteiger partial charge in [0.1, 0.15) is 0 Å². The quantitative estimate of drug-likeness (QED) is 0.807. The number of para-hydroxylation sites is 1. The first-order valence-electron chi connectivity index (χ1n) is 6.10. The smallest absolute Gasteiger partial charge is 0.166 e. The molecule has 0 radical (unpaired) electrons. The Labute approximate surface area is 106 Å². The molecule has 0 N–H and O–H groups in total. The minimum Gasteiger partial charge on any atom is -0.365 e. The molecule has 0 saturated carbocycles. The van der Waals surface area contributed by atoms with Crippen LogP contribution in [0.15, 0.2) is 36.5 Å². The van der Waals surface area contributed by atoms with Crippen molar-refractivity contribution in [1.82, 2.24) is 9.78 Å². The molecule has 0 fully saturated rings. The summed E-state index contributed by atoms with van der Waals surface area (Å²) in [4.78, 5) is 14.1. The molecule has 1 aromatic carbocycles. The topological polar surface area (TPSA) is 38.1 Å². The highest BCUT2D eigenvalue weighted by molar-refractivity contribution is 6.03. The zero-order chi connectivity index (χ0) is 12.5. The van der Waals surface area contributed by atoms with Gasteiger partial charge in [-0.25, -0.2) is 0 Å². The van der Waals surface area contributed by atoms with E-state index in [9.17, 15) is 4.79 Å². The fourth-order valence-corrected chi connectivity index (χ4v) is 2.38. The predicted molar refractivity (Wildman–Crippen MR) is 69.6 cm³/mol. The summed E-state index contributed by atoms with van der Waals surface area (Å²) >= 11 is 0. The molecule has 2 aromatic rings. The number of carbonyl (C=O) groups is 1. The van der Waals surface area contributed by atoms with Crippen molar-refractivity contribution in [3.05, 3.63) is 47.8 Å². The van der Waals surface area contributed by atoms with Gasteiger partial charge < -0.3 is 4.90 Å². The van der Waals surface area contributed by atoms with Gasteiger partial charge in [-0.05, 0) is 18.2 Å². The van der Waals surface area contributed by atoms with E-state index in [4.69, 9.17) is 0 Å². The van der Waals surface area contributed by atoms with Gasteiger partial charge >= 0.3 is 0 Å². The SMILES string of the molecule is Cn1ccc(CN2CCC(=O)c3ccccc32)n1. The van der Waals surface area contributed by atoms with Crippen molar-refractivity contribution in [2.45, 2.75) is 13.0 Å². The molecule has 1 aromatic heterocycles. The molecule has 4 heteroatoms. The largest absolute Gasteiger partial charge is 0.365 e. The van der Waals surface area contributed by atoms with Crippen LogP contribution in [0.25, 0.3) is 0 Å². The van der Waals surface area contributed by atoms with Gasteiger partial charge in [0, 0.05) is 37.5 Å². The number of aromatic nitrogens is 2. The number of hydrogen-bond acceptors (Lipinski definition) is 3. The minimum absolute atomic E-state index is 0.239. The van der Waals surface area contributed by atoms with Crippen molar-refractivity contribution in [2.75, 3.05) is 11.4 Å². The van der Waals surface area contributed by atoms with Crippen LogP contribution in [0.3, 0.4) is 0 Å². The summed E-state index contributed by atoms with van der Waals surface area (Å²) in [6, 6.07) is 9.82. The number of benzene rings is 1. The molecule has 0 atom stereocenters. The van der Waals surface area contributed by atoms with Gasteiger partial charge in [0.2, 0.25) is 0 Å². The van der Waals surface area contributed by atoms with E-state index in [1.165, 1.54) is 0 Å². The molecule has 92 valence electrons. The fourth-order valence-electron chi connectivity index (χ4n) is 2.38. The Hall–Kier alpha value is -2.10. The summed E-state index contributed by atoms with van der Waals surface area (Å²) in [5.41, 5.74) is 2.89. The van der Waals surface area contributed by atoms with Crippen LogP contribution >= 0.6 is 0 Å². The number of aryl methyl sites for hydroxylation is 1. The summed E-state index contributed by atoms with van der Waals surface area (Å²) in [5, 5.41) is 4.39. The van der Waals surface area contributed by atoms with Crippen LogP contribution in [0, 0.1) is 0 Å². The summed E-state index contributed by atoms with van der Waals surface area (Å²) in [6.45, 7) is 1.53. The van der Waals surface area contributed by atoms with Gasteiger partial charge in [-0.3, -0.25) is 9.48 Å². The monoisotopic (exact) mass is 241 g/mol. The summed E-state index contributed by atoms with van der Waals surface area (Å²) < 4.78 is 1.80. The molecule has 0 bridgehead atoms. The van der Waals surface area contributed by atoms with E-state index >= 15 is 0 Å². The number of anilines is 1. The first-order chi connectivity index (χ1) is 8.74. The van der Waals surface area contributed by atoms with E-state index in [2.05, 4.69) is 10.00 Å². The Kier molecular flexibility index (Phi) is 2.63. The lowest BCUT2D eigenvalue weighted by atomic mass is 10.0. The van der Waals surface area contributed by atoms with Gasteiger partial charge in [-0.2, -0.15) is 5.10 Å². The number of rotatable bonds is 2. The van der Waals surface area contributed by atoms with Crippen molar-refractivity contribution in [2.24, 2.45) is 7.05 Å². The molecular weight excluding hydrogens is 226 g/mol. The first-order valence-corrected chi connectivity index (χ1v) is 6.10. The van der Waals surface area contributed by atoms with Crippen molar-refractivity contribution in [3.8, 4) is 0 Å². The number of ketones is 1. The van der Waals surface area contributed by atoms with Crippen LogP contribution in [-0.4, -0.2) is 22.1 Å². The highest BCUT2D eigenvalue weighted by Crippen LogP contribution is 2.27. The molecule has 1 aliphatic rings. The molecule has 18 heavy (non-hydrogen) atoms. The molecule has 0 aliphatic carbocycles. The molecule has 0 amide bonds. The highest BCUT2D eigenvalue weighted by atomic mass is 16.1. The van der Waals surface area contributed by atoms with Crippen molar-refractivity contribution < 1.29 is 4.79 Å². The molecule has 0 spiro atoms. The summed E-state index contributed by atoms with van der Waals surface area (Å²) in [6.07, 6.45) is 2.53. The Morgan fingerprint density at radius 2 is 2.11 bits per heavy atom. The van der Waals surface area contributed by atoms with Crippen LogP contribution in [0.1, 0.15) is 22.5 Å². The predicted octanol–water partition coefficient (Wildman–Crippen LogP) is 2.01. The number of fused-ring (bicyclic) bond motifs is 1.